The molecule has 2 aromatic carbocycles. The van der Waals surface area contributed by atoms with E-state index in [0.29, 0.717) is 5.82 Å². The number of imidazole rings is 1. The first-order valence-electron chi connectivity index (χ1n) is 8.11. The summed E-state index contributed by atoms with van der Waals surface area (Å²) in [5.41, 5.74) is 4.24. The topological polar surface area (TPSA) is 60.2 Å². The zero-order valence-corrected chi connectivity index (χ0v) is 14.6. The van der Waals surface area contributed by atoms with Crippen molar-refractivity contribution in [2.45, 2.75) is 12.6 Å². The number of ether oxygens (including phenoxy) is 1. The Labute approximate surface area is 153 Å². The van der Waals surface area contributed by atoms with E-state index in [1.165, 1.54) is 23.5 Å². The maximum absolute atomic E-state index is 13.6. The van der Waals surface area contributed by atoms with Gasteiger partial charge in [-0.05, 0) is 24.3 Å². The van der Waals surface area contributed by atoms with Crippen LogP contribution in [0, 0.1) is 5.82 Å². The molecule has 0 aliphatic carbocycles. The molecule has 2 heterocycles. The van der Waals surface area contributed by atoms with E-state index in [1.807, 2.05) is 34.2 Å². The zero-order valence-electron chi connectivity index (χ0n) is 13.7. The van der Waals surface area contributed by atoms with Crippen molar-refractivity contribution < 1.29 is 14.2 Å². The van der Waals surface area contributed by atoms with Gasteiger partial charge in [-0.3, -0.25) is 0 Å². The molecule has 4 aromatic rings. The quantitative estimate of drug-likeness (QED) is 0.562. The Kier molecular flexibility index (Phi) is 4.64. The summed E-state index contributed by atoms with van der Waals surface area (Å²) in [6.07, 6.45) is -0.829. The largest absolute Gasteiger partial charge is 0.488 e. The lowest BCUT2D eigenvalue weighted by Crippen LogP contribution is -2.24. The van der Waals surface area contributed by atoms with Gasteiger partial charge in [0.2, 0.25) is 0 Å². The lowest BCUT2D eigenvalue weighted by Gasteiger charge is -2.15. The molecule has 0 fully saturated rings. The number of fused-ring (bicyclic) bond motifs is 1. The van der Waals surface area contributed by atoms with Crippen LogP contribution in [-0.4, -0.2) is 32.4 Å². The highest BCUT2D eigenvalue weighted by Crippen LogP contribution is 2.25. The molecule has 0 amide bonds. The van der Waals surface area contributed by atoms with Crippen LogP contribution in [0.25, 0.3) is 22.6 Å². The van der Waals surface area contributed by atoms with Gasteiger partial charge < -0.3 is 14.4 Å². The Hall–Kier alpha value is -2.77. The number of thiazole rings is 1. The van der Waals surface area contributed by atoms with E-state index in [0.717, 1.165) is 16.7 Å². The zero-order chi connectivity index (χ0) is 17.9. The maximum atomic E-state index is 13.6. The van der Waals surface area contributed by atoms with E-state index in [9.17, 15) is 9.50 Å². The van der Waals surface area contributed by atoms with Crippen LogP contribution in [0.3, 0.4) is 0 Å². The molecule has 0 radical (unpaired) electrons. The average molecular weight is 369 g/mol. The number of aromatic nitrogens is 3. The molecular weight excluding hydrogens is 353 g/mol. The van der Waals surface area contributed by atoms with Crippen molar-refractivity contribution >= 4 is 22.4 Å². The van der Waals surface area contributed by atoms with Gasteiger partial charge in [-0.2, -0.15) is 0 Å². The van der Waals surface area contributed by atoms with Crippen LogP contribution in [0.5, 0.6) is 5.75 Å². The van der Waals surface area contributed by atoms with Gasteiger partial charge in [0, 0.05) is 5.38 Å². The number of nitrogens with zero attached hydrogens (tertiary/aromatic N) is 3. The van der Waals surface area contributed by atoms with Gasteiger partial charge in [0.05, 0.1) is 23.1 Å². The summed E-state index contributed by atoms with van der Waals surface area (Å²) >= 11 is 1.49. The number of halogens is 1. The van der Waals surface area contributed by atoms with Crippen molar-refractivity contribution in [1.82, 2.24) is 14.5 Å². The van der Waals surface area contributed by atoms with E-state index in [-0.39, 0.29) is 18.9 Å². The molecule has 0 aliphatic rings. The van der Waals surface area contributed by atoms with Crippen molar-refractivity contribution in [3.63, 3.8) is 0 Å². The minimum absolute atomic E-state index is 0.0239. The summed E-state index contributed by atoms with van der Waals surface area (Å²) in [5, 5.41) is 12.4. The van der Waals surface area contributed by atoms with Gasteiger partial charge >= 0.3 is 0 Å². The van der Waals surface area contributed by atoms with Gasteiger partial charge in [0.1, 0.15) is 18.4 Å². The third kappa shape index (κ3) is 3.31. The Morgan fingerprint density at radius 1 is 1.15 bits per heavy atom. The predicted octanol–water partition coefficient (Wildman–Crippen LogP) is 3.74. The van der Waals surface area contributed by atoms with Crippen LogP contribution < -0.4 is 4.74 Å². The third-order valence-electron chi connectivity index (χ3n) is 3.98. The van der Waals surface area contributed by atoms with Gasteiger partial charge in [-0.25, -0.2) is 14.4 Å². The first-order chi connectivity index (χ1) is 12.7. The predicted molar refractivity (Wildman–Crippen MR) is 98.7 cm³/mol. The average Bonchev–Trinajstić information content (AvgIpc) is 3.29. The van der Waals surface area contributed by atoms with E-state index < -0.39 is 11.9 Å². The fraction of sp³-hybridized carbons (Fsp3) is 0.158. The Bertz CT molecular complexity index is 1020. The molecule has 2 aromatic heterocycles. The fourth-order valence-corrected chi connectivity index (χ4v) is 3.32. The highest BCUT2D eigenvalue weighted by atomic mass is 32.1. The van der Waals surface area contributed by atoms with Crippen molar-refractivity contribution in [3.05, 3.63) is 65.2 Å². The second kappa shape index (κ2) is 7.23. The molecular formula is C19H16FN3O2S. The minimum atomic E-state index is -0.829. The molecule has 1 unspecified atom stereocenters. The highest BCUT2D eigenvalue weighted by Gasteiger charge is 2.17. The van der Waals surface area contributed by atoms with Gasteiger partial charge in [-0.1, -0.05) is 24.3 Å². The van der Waals surface area contributed by atoms with Gasteiger partial charge in [-0.15, -0.1) is 11.3 Å². The number of hydrogen-bond donors (Lipinski definition) is 1. The molecule has 132 valence electrons. The first-order valence-corrected chi connectivity index (χ1v) is 9.06. The lowest BCUT2D eigenvalue weighted by atomic mass is 10.3. The summed E-state index contributed by atoms with van der Waals surface area (Å²) in [6.45, 7) is 0.242. The molecule has 0 bridgehead atoms. The number of benzene rings is 2. The number of para-hydroxylation sites is 3. The first kappa shape index (κ1) is 16.7. The molecule has 4 rings (SSSR count). The Morgan fingerprint density at radius 2 is 1.96 bits per heavy atom. The lowest BCUT2D eigenvalue weighted by molar-refractivity contribution is 0.0918. The summed E-state index contributed by atoms with van der Waals surface area (Å²) in [5.74, 6) is 0.370. The Morgan fingerprint density at radius 3 is 2.77 bits per heavy atom. The van der Waals surface area contributed by atoms with Crippen LogP contribution >= 0.6 is 11.3 Å². The smallest absolute Gasteiger partial charge is 0.165 e. The molecule has 1 N–H and O–H groups in total. The third-order valence-corrected chi connectivity index (χ3v) is 4.56. The monoisotopic (exact) mass is 369 g/mol. The molecule has 0 aliphatic heterocycles. The SMILES string of the molecule is OC(COc1ccccc1F)Cn1c(-c2cscn2)nc2ccccc21. The minimum Gasteiger partial charge on any atom is -0.488 e. The van der Waals surface area contributed by atoms with E-state index in [4.69, 9.17) is 4.74 Å². The standard InChI is InChI=1S/C19H16FN3O2S/c20-14-5-1-4-8-18(14)25-10-13(24)9-23-17-7-3-2-6-15(17)22-19(23)16-11-26-12-21-16/h1-8,11-13,24H,9-10H2. The van der Waals surface area contributed by atoms with Gasteiger partial charge in [0.25, 0.3) is 0 Å². The van der Waals surface area contributed by atoms with Crippen LogP contribution in [0.15, 0.2) is 59.4 Å². The summed E-state index contributed by atoms with van der Waals surface area (Å²) in [7, 11) is 0. The van der Waals surface area contributed by atoms with E-state index >= 15 is 0 Å². The van der Waals surface area contributed by atoms with E-state index in [2.05, 4.69) is 9.97 Å². The second-order valence-electron chi connectivity index (χ2n) is 5.80. The molecule has 0 saturated heterocycles. The fourth-order valence-electron chi connectivity index (χ4n) is 2.79. The summed E-state index contributed by atoms with van der Waals surface area (Å²) in [6, 6.07) is 13.9. The molecule has 0 saturated carbocycles. The summed E-state index contributed by atoms with van der Waals surface area (Å²) < 4.78 is 21.0. The highest BCUT2D eigenvalue weighted by molar-refractivity contribution is 7.07. The molecule has 7 heteroatoms. The number of hydrogen-bond acceptors (Lipinski definition) is 5. The molecule has 26 heavy (non-hydrogen) atoms. The normalized spacial score (nSPS) is 12.4. The molecule has 1 atom stereocenters. The van der Waals surface area contributed by atoms with Crippen molar-refractivity contribution in [1.29, 1.82) is 0 Å². The Balaban J connectivity index is 1.58. The molecule has 0 spiro atoms. The summed E-state index contributed by atoms with van der Waals surface area (Å²) in [4.78, 5) is 8.96. The van der Waals surface area contributed by atoms with Crippen LogP contribution in [0.1, 0.15) is 0 Å². The number of rotatable bonds is 6. The van der Waals surface area contributed by atoms with Crippen LogP contribution in [-0.2, 0) is 6.54 Å². The number of aliphatic hydroxyl groups excluding tert-OH is 1. The second-order valence-corrected chi connectivity index (χ2v) is 6.52. The van der Waals surface area contributed by atoms with Crippen molar-refractivity contribution in [2.75, 3.05) is 6.61 Å². The molecule has 5 nitrogen and oxygen atoms in total. The van der Waals surface area contributed by atoms with Crippen molar-refractivity contribution in [3.8, 4) is 17.3 Å². The number of aliphatic hydroxyl groups is 1. The van der Waals surface area contributed by atoms with Gasteiger partial charge in [0.15, 0.2) is 17.4 Å². The van der Waals surface area contributed by atoms with E-state index in [1.54, 1.807) is 17.6 Å². The van der Waals surface area contributed by atoms with Crippen molar-refractivity contribution in [2.24, 2.45) is 0 Å². The maximum Gasteiger partial charge on any atom is 0.165 e. The van der Waals surface area contributed by atoms with Crippen LogP contribution in [0.4, 0.5) is 4.39 Å². The van der Waals surface area contributed by atoms with Crippen LogP contribution in [0.2, 0.25) is 0 Å².